The van der Waals surface area contributed by atoms with E-state index in [1.54, 1.807) is 0 Å². The maximum atomic E-state index is 4.27. The molecule has 10 rings (SSSR count). The SMILES string of the molecule is c1ccc2c(c1)Cc1ccc3c(sc4c3ccc3c4c4ccccc4n3-c3cc(-c4ccncc4)cc(-c4ccncc4)c3)c1-2. The van der Waals surface area contributed by atoms with E-state index in [9.17, 15) is 0 Å². The first-order chi connectivity index (χ1) is 22.3. The number of benzene rings is 5. The van der Waals surface area contributed by atoms with Crippen LogP contribution in [0.3, 0.4) is 0 Å². The average molecular weight is 592 g/mol. The number of thiophene rings is 1. The fourth-order valence-corrected chi connectivity index (χ4v) is 8.84. The number of fused-ring (bicyclic) bond motifs is 11. The predicted molar refractivity (Wildman–Crippen MR) is 188 cm³/mol. The molecular formula is C41H25N3S. The van der Waals surface area contributed by atoms with E-state index in [0.717, 1.165) is 34.4 Å². The molecule has 4 heteroatoms. The van der Waals surface area contributed by atoms with E-state index in [0.29, 0.717) is 0 Å². The molecule has 0 bridgehead atoms. The number of aromatic nitrogens is 3. The summed E-state index contributed by atoms with van der Waals surface area (Å²) in [5, 5.41) is 5.29. The quantitative estimate of drug-likeness (QED) is 0.205. The Hall–Kier alpha value is -5.58. The standard InChI is InChI=1S/C41H25N3S/c1-2-6-32-27(5-1)21-28-9-10-33-34-11-12-37-39(41(34)45-40(33)38(28)32)35-7-3-4-8-36(35)44(37)31-23-29(25-13-17-42-18-14-25)22-30(24-31)26-15-19-43-20-16-26/h1-20,22-24H,21H2. The molecule has 1 aliphatic carbocycles. The van der Waals surface area contributed by atoms with Crippen LogP contribution in [0.15, 0.2) is 140 Å². The number of pyridine rings is 2. The lowest BCUT2D eigenvalue weighted by atomic mass is 9.99. The average Bonchev–Trinajstić information content (AvgIpc) is 3.78. The van der Waals surface area contributed by atoms with E-state index >= 15 is 0 Å². The molecule has 3 nitrogen and oxygen atoms in total. The zero-order valence-corrected chi connectivity index (χ0v) is 25.1. The molecule has 0 unspecified atom stereocenters. The molecule has 0 aliphatic heterocycles. The van der Waals surface area contributed by atoms with Gasteiger partial charge in [-0.05, 0) is 100.0 Å². The minimum Gasteiger partial charge on any atom is -0.309 e. The van der Waals surface area contributed by atoms with Crippen LogP contribution in [-0.2, 0) is 6.42 Å². The molecule has 0 N–H and O–H groups in total. The van der Waals surface area contributed by atoms with Gasteiger partial charge in [-0.15, -0.1) is 11.3 Å². The van der Waals surface area contributed by atoms with E-state index in [1.165, 1.54) is 64.2 Å². The second kappa shape index (κ2) is 9.46. The maximum absolute atomic E-state index is 4.27. The molecule has 4 aromatic heterocycles. The maximum Gasteiger partial charge on any atom is 0.0555 e. The Morgan fingerprint density at radius 3 is 1.96 bits per heavy atom. The predicted octanol–water partition coefficient (Wildman–Crippen LogP) is 10.8. The summed E-state index contributed by atoms with van der Waals surface area (Å²) >= 11 is 1.96. The van der Waals surface area contributed by atoms with Gasteiger partial charge in [0.25, 0.3) is 0 Å². The van der Waals surface area contributed by atoms with Gasteiger partial charge < -0.3 is 4.57 Å². The van der Waals surface area contributed by atoms with Crippen molar-refractivity contribution in [3.8, 4) is 39.1 Å². The zero-order chi connectivity index (χ0) is 29.5. The Bertz CT molecular complexity index is 2560. The molecule has 0 radical (unpaired) electrons. The van der Waals surface area contributed by atoms with Crippen molar-refractivity contribution in [1.29, 1.82) is 0 Å². The van der Waals surface area contributed by atoms with Crippen LogP contribution in [0.4, 0.5) is 0 Å². The number of rotatable bonds is 3. The fourth-order valence-electron chi connectivity index (χ4n) is 7.40. The van der Waals surface area contributed by atoms with Crippen molar-refractivity contribution in [1.82, 2.24) is 14.5 Å². The van der Waals surface area contributed by atoms with Gasteiger partial charge in [0.05, 0.1) is 11.0 Å². The number of hydrogen-bond donors (Lipinski definition) is 0. The Labute approximate surface area is 263 Å². The van der Waals surface area contributed by atoms with E-state index < -0.39 is 0 Å². The van der Waals surface area contributed by atoms with Gasteiger partial charge in [0.2, 0.25) is 0 Å². The smallest absolute Gasteiger partial charge is 0.0555 e. The lowest BCUT2D eigenvalue weighted by Gasteiger charge is -2.14. The van der Waals surface area contributed by atoms with Crippen molar-refractivity contribution in [3.05, 3.63) is 151 Å². The highest BCUT2D eigenvalue weighted by Crippen LogP contribution is 2.49. The van der Waals surface area contributed by atoms with Gasteiger partial charge in [-0.2, -0.15) is 0 Å². The van der Waals surface area contributed by atoms with Gasteiger partial charge in [0.15, 0.2) is 0 Å². The van der Waals surface area contributed by atoms with E-state index in [1.807, 2.05) is 36.1 Å². The molecule has 5 aromatic carbocycles. The summed E-state index contributed by atoms with van der Waals surface area (Å²) in [6, 6.07) is 42.4. The monoisotopic (exact) mass is 591 g/mol. The molecule has 4 heterocycles. The Morgan fingerprint density at radius 2 is 1.18 bits per heavy atom. The third kappa shape index (κ3) is 3.63. The van der Waals surface area contributed by atoms with E-state index in [-0.39, 0.29) is 0 Å². The topological polar surface area (TPSA) is 30.7 Å². The summed E-state index contributed by atoms with van der Waals surface area (Å²) < 4.78 is 5.20. The van der Waals surface area contributed by atoms with Crippen LogP contribution >= 0.6 is 11.3 Å². The van der Waals surface area contributed by atoms with Crippen LogP contribution in [0, 0.1) is 0 Å². The van der Waals surface area contributed by atoms with Crippen molar-refractivity contribution in [2.24, 2.45) is 0 Å². The van der Waals surface area contributed by atoms with Crippen molar-refractivity contribution < 1.29 is 0 Å². The summed E-state index contributed by atoms with van der Waals surface area (Å²) in [6.45, 7) is 0. The second-order valence-electron chi connectivity index (χ2n) is 11.8. The Balaban J connectivity index is 1.29. The van der Waals surface area contributed by atoms with Gasteiger partial charge in [0.1, 0.15) is 0 Å². The highest BCUT2D eigenvalue weighted by molar-refractivity contribution is 7.27. The van der Waals surface area contributed by atoms with E-state index in [2.05, 4.69) is 130 Å². The van der Waals surface area contributed by atoms with Crippen LogP contribution in [0.25, 0.3) is 81.0 Å². The van der Waals surface area contributed by atoms with Gasteiger partial charge in [-0.3, -0.25) is 9.97 Å². The van der Waals surface area contributed by atoms with Gasteiger partial charge in [-0.25, -0.2) is 0 Å². The van der Waals surface area contributed by atoms with Gasteiger partial charge in [0, 0.05) is 67.0 Å². The summed E-state index contributed by atoms with van der Waals surface area (Å²) in [5.74, 6) is 0. The molecule has 0 fully saturated rings. The number of nitrogens with zero attached hydrogens (tertiary/aromatic N) is 3. The van der Waals surface area contributed by atoms with Crippen LogP contribution in [0.5, 0.6) is 0 Å². The molecule has 0 saturated heterocycles. The molecule has 0 amide bonds. The minimum atomic E-state index is 1.01. The fraction of sp³-hybridized carbons (Fsp3) is 0.0244. The Kier molecular flexibility index (Phi) is 5.22. The van der Waals surface area contributed by atoms with E-state index in [4.69, 9.17) is 0 Å². The molecule has 9 aromatic rings. The number of para-hydroxylation sites is 1. The van der Waals surface area contributed by atoms with Crippen LogP contribution < -0.4 is 0 Å². The summed E-state index contributed by atoms with van der Waals surface area (Å²) in [5.41, 5.74) is 13.8. The molecule has 0 atom stereocenters. The molecule has 45 heavy (non-hydrogen) atoms. The lowest BCUT2D eigenvalue weighted by Crippen LogP contribution is -1.96. The highest BCUT2D eigenvalue weighted by atomic mass is 32.1. The third-order valence-corrected chi connectivity index (χ3v) is 10.7. The van der Waals surface area contributed by atoms with Gasteiger partial charge >= 0.3 is 0 Å². The highest BCUT2D eigenvalue weighted by Gasteiger charge is 2.24. The minimum absolute atomic E-state index is 1.01. The normalized spacial score (nSPS) is 12.4. The molecule has 210 valence electrons. The summed E-state index contributed by atoms with van der Waals surface area (Å²) in [7, 11) is 0. The molecular weight excluding hydrogens is 567 g/mol. The first kappa shape index (κ1) is 24.8. The zero-order valence-electron chi connectivity index (χ0n) is 24.2. The van der Waals surface area contributed by atoms with Crippen LogP contribution in [0.1, 0.15) is 11.1 Å². The van der Waals surface area contributed by atoms with Crippen molar-refractivity contribution >= 4 is 53.3 Å². The Morgan fingerprint density at radius 1 is 0.511 bits per heavy atom. The van der Waals surface area contributed by atoms with Crippen molar-refractivity contribution in [3.63, 3.8) is 0 Å². The summed E-state index contributed by atoms with van der Waals surface area (Å²) in [6.07, 6.45) is 8.46. The molecule has 0 spiro atoms. The van der Waals surface area contributed by atoms with Crippen LogP contribution in [-0.4, -0.2) is 14.5 Å². The molecule has 1 aliphatic rings. The van der Waals surface area contributed by atoms with Crippen molar-refractivity contribution in [2.45, 2.75) is 6.42 Å². The molecule has 0 saturated carbocycles. The summed E-state index contributed by atoms with van der Waals surface area (Å²) in [4.78, 5) is 8.55. The second-order valence-corrected chi connectivity index (χ2v) is 12.9. The van der Waals surface area contributed by atoms with Crippen LogP contribution in [0.2, 0.25) is 0 Å². The first-order valence-corrected chi connectivity index (χ1v) is 16.1. The lowest BCUT2D eigenvalue weighted by molar-refractivity contribution is 1.18. The first-order valence-electron chi connectivity index (χ1n) is 15.3. The van der Waals surface area contributed by atoms with Gasteiger partial charge in [-0.1, -0.05) is 60.7 Å². The van der Waals surface area contributed by atoms with Crippen molar-refractivity contribution in [2.75, 3.05) is 0 Å². The third-order valence-electron chi connectivity index (χ3n) is 9.40. The number of hydrogen-bond acceptors (Lipinski definition) is 3. The largest absolute Gasteiger partial charge is 0.309 e.